The molecule has 4 rings (SSSR count). The van der Waals surface area contributed by atoms with Gasteiger partial charge in [0.25, 0.3) is 0 Å². The Labute approximate surface area is 158 Å². The Morgan fingerprint density at radius 3 is 2.85 bits per heavy atom. The molecule has 1 aliphatic carbocycles. The molecule has 4 heteroatoms. The summed E-state index contributed by atoms with van der Waals surface area (Å²) < 4.78 is 1.95. The molecule has 1 amide bonds. The molecule has 134 valence electrons. The van der Waals surface area contributed by atoms with Gasteiger partial charge in [0.1, 0.15) is 5.65 Å². The SMILES string of the molecule is C=CC(=O)Nc1cnc2c(c1)c(C#Cc1ccc3c(c1)CCCC3)cn2C. The molecule has 0 bridgehead atoms. The first-order chi connectivity index (χ1) is 13.1. The van der Waals surface area contributed by atoms with Gasteiger partial charge in [0, 0.05) is 24.2 Å². The van der Waals surface area contributed by atoms with E-state index in [4.69, 9.17) is 0 Å². The van der Waals surface area contributed by atoms with Gasteiger partial charge in [-0.15, -0.1) is 0 Å². The van der Waals surface area contributed by atoms with E-state index >= 15 is 0 Å². The highest BCUT2D eigenvalue weighted by Crippen LogP contribution is 2.23. The van der Waals surface area contributed by atoms with Gasteiger partial charge in [-0.05, 0) is 61.1 Å². The molecule has 2 aromatic heterocycles. The number of benzene rings is 1. The van der Waals surface area contributed by atoms with Gasteiger partial charge >= 0.3 is 0 Å². The first-order valence-electron chi connectivity index (χ1n) is 9.16. The third-order valence-corrected chi connectivity index (χ3v) is 4.96. The Balaban J connectivity index is 1.70. The third-order valence-electron chi connectivity index (χ3n) is 4.96. The van der Waals surface area contributed by atoms with E-state index in [1.165, 1.54) is 36.5 Å². The Morgan fingerprint density at radius 1 is 1.22 bits per heavy atom. The number of rotatable bonds is 2. The predicted molar refractivity (Wildman–Crippen MR) is 109 cm³/mol. The summed E-state index contributed by atoms with van der Waals surface area (Å²) >= 11 is 0. The van der Waals surface area contributed by atoms with E-state index in [0.29, 0.717) is 5.69 Å². The van der Waals surface area contributed by atoms with Crippen LogP contribution in [-0.2, 0) is 24.7 Å². The van der Waals surface area contributed by atoms with Gasteiger partial charge in [0.05, 0.1) is 17.4 Å². The van der Waals surface area contributed by atoms with Gasteiger partial charge in [0.2, 0.25) is 5.91 Å². The lowest BCUT2D eigenvalue weighted by Gasteiger charge is -2.15. The van der Waals surface area contributed by atoms with Crippen LogP contribution in [-0.4, -0.2) is 15.5 Å². The number of hydrogen-bond acceptors (Lipinski definition) is 2. The lowest BCUT2D eigenvalue weighted by Crippen LogP contribution is -2.07. The summed E-state index contributed by atoms with van der Waals surface area (Å²) in [5, 5.41) is 3.67. The van der Waals surface area contributed by atoms with Crippen molar-refractivity contribution >= 4 is 22.6 Å². The monoisotopic (exact) mass is 355 g/mol. The molecule has 0 radical (unpaired) electrons. The van der Waals surface area contributed by atoms with Crippen LogP contribution in [0.2, 0.25) is 0 Å². The van der Waals surface area contributed by atoms with E-state index in [0.717, 1.165) is 28.6 Å². The average Bonchev–Trinajstić information content (AvgIpc) is 3.01. The van der Waals surface area contributed by atoms with Crippen molar-refractivity contribution in [1.82, 2.24) is 9.55 Å². The van der Waals surface area contributed by atoms with Gasteiger partial charge in [-0.3, -0.25) is 4.79 Å². The predicted octanol–water partition coefficient (Wildman–Crippen LogP) is 3.98. The average molecular weight is 355 g/mol. The Morgan fingerprint density at radius 2 is 2.04 bits per heavy atom. The van der Waals surface area contributed by atoms with Crippen LogP contribution in [0.5, 0.6) is 0 Å². The van der Waals surface area contributed by atoms with Crippen LogP contribution in [0.1, 0.15) is 35.1 Å². The van der Waals surface area contributed by atoms with Gasteiger partial charge in [-0.1, -0.05) is 24.5 Å². The summed E-state index contributed by atoms with van der Waals surface area (Å²) in [5.74, 6) is 6.32. The Kier molecular flexibility index (Phi) is 4.52. The van der Waals surface area contributed by atoms with E-state index < -0.39 is 0 Å². The van der Waals surface area contributed by atoms with Crippen LogP contribution < -0.4 is 5.32 Å². The lowest BCUT2D eigenvalue weighted by atomic mass is 9.90. The number of carbonyl (C=O) groups excluding carboxylic acids is 1. The zero-order valence-electron chi connectivity index (χ0n) is 15.4. The fraction of sp³-hybridized carbons (Fsp3) is 0.217. The third kappa shape index (κ3) is 3.50. The van der Waals surface area contributed by atoms with Crippen molar-refractivity contribution in [1.29, 1.82) is 0 Å². The standard InChI is InChI=1S/C23H21N3O/c1-3-22(27)25-20-13-21-19(15-26(2)23(21)24-14-20)11-9-16-8-10-17-6-4-5-7-18(17)12-16/h3,8,10,12-15H,1,4-7H2,2H3,(H,25,27). The maximum atomic E-state index is 11.5. The highest BCUT2D eigenvalue weighted by atomic mass is 16.1. The van der Waals surface area contributed by atoms with Crippen molar-refractivity contribution in [3.63, 3.8) is 0 Å². The highest BCUT2D eigenvalue weighted by molar-refractivity contribution is 6.00. The number of pyridine rings is 1. The topological polar surface area (TPSA) is 46.9 Å². The fourth-order valence-corrected chi connectivity index (χ4v) is 3.57. The molecule has 0 saturated carbocycles. The molecular weight excluding hydrogens is 334 g/mol. The molecule has 0 saturated heterocycles. The molecule has 0 unspecified atom stereocenters. The van der Waals surface area contributed by atoms with Crippen LogP contribution in [0.4, 0.5) is 5.69 Å². The van der Waals surface area contributed by atoms with Crippen LogP contribution in [0.25, 0.3) is 11.0 Å². The van der Waals surface area contributed by atoms with E-state index in [-0.39, 0.29) is 5.91 Å². The minimum atomic E-state index is -0.256. The van der Waals surface area contributed by atoms with Crippen molar-refractivity contribution in [2.45, 2.75) is 25.7 Å². The largest absolute Gasteiger partial charge is 0.334 e. The van der Waals surface area contributed by atoms with E-state index in [1.54, 1.807) is 6.20 Å². The number of hydrogen-bond donors (Lipinski definition) is 1. The number of aryl methyl sites for hydroxylation is 3. The number of nitrogens with one attached hydrogen (secondary N) is 1. The fourth-order valence-electron chi connectivity index (χ4n) is 3.57. The number of nitrogens with zero attached hydrogens (tertiary/aromatic N) is 2. The van der Waals surface area contributed by atoms with Crippen molar-refractivity contribution in [3.05, 3.63) is 71.6 Å². The minimum Gasteiger partial charge on any atom is -0.334 e. The molecule has 3 aromatic rings. The molecule has 1 aromatic carbocycles. The van der Waals surface area contributed by atoms with E-state index in [1.807, 2.05) is 23.9 Å². The summed E-state index contributed by atoms with van der Waals surface area (Å²) in [6.07, 6.45) is 9.73. The molecule has 2 heterocycles. The molecule has 0 fully saturated rings. The maximum Gasteiger partial charge on any atom is 0.247 e. The van der Waals surface area contributed by atoms with Crippen LogP contribution in [0.3, 0.4) is 0 Å². The number of fused-ring (bicyclic) bond motifs is 2. The van der Waals surface area contributed by atoms with Crippen molar-refractivity contribution in [2.24, 2.45) is 7.05 Å². The molecule has 1 N–H and O–H groups in total. The van der Waals surface area contributed by atoms with Crippen molar-refractivity contribution < 1.29 is 4.79 Å². The number of amides is 1. The first kappa shape index (κ1) is 17.1. The van der Waals surface area contributed by atoms with Crippen LogP contribution >= 0.6 is 0 Å². The van der Waals surface area contributed by atoms with Gasteiger partial charge in [0.15, 0.2) is 0 Å². The second kappa shape index (κ2) is 7.13. The molecule has 0 spiro atoms. The summed E-state index contributed by atoms with van der Waals surface area (Å²) in [6, 6.07) is 8.45. The normalized spacial score (nSPS) is 12.8. The lowest BCUT2D eigenvalue weighted by molar-refractivity contribution is -0.111. The van der Waals surface area contributed by atoms with Crippen molar-refractivity contribution in [3.8, 4) is 11.8 Å². The van der Waals surface area contributed by atoms with Gasteiger partial charge in [-0.2, -0.15) is 0 Å². The summed E-state index contributed by atoms with van der Waals surface area (Å²) in [6.45, 7) is 3.48. The van der Waals surface area contributed by atoms with Gasteiger partial charge in [-0.25, -0.2) is 4.98 Å². The van der Waals surface area contributed by atoms with E-state index in [2.05, 4.69) is 46.9 Å². The molecular formula is C23H21N3O. The molecule has 4 nitrogen and oxygen atoms in total. The van der Waals surface area contributed by atoms with Crippen LogP contribution in [0.15, 0.2) is 49.3 Å². The zero-order valence-corrected chi connectivity index (χ0v) is 15.4. The Hall–Kier alpha value is -3.32. The van der Waals surface area contributed by atoms with Gasteiger partial charge < -0.3 is 9.88 Å². The summed E-state index contributed by atoms with van der Waals surface area (Å²) in [5.41, 5.74) is 6.30. The molecule has 0 aliphatic heterocycles. The number of anilines is 1. The first-order valence-corrected chi connectivity index (χ1v) is 9.16. The highest BCUT2D eigenvalue weighted by Gasteiger charge is 2.10. The molecule has 0 atom stereocenters. The second-order valence-corrected chi connectivity index (χ2v) is 6.88. The molecule has 27 heavy (non-hydrogen) atoms. The molecule has 1 aliphatic rings. The van der Waals surface area contributed by atoms with E-state index in [9.17, 15) is 4.79 Å². The summed E-state index contributed by atoms with van der Waals surface area (Å²) in [4.78, 5) is 16.0. The summed E-state index contributed by atoms with van der Waals surface area (Å²) in [7, 11) is 1.95. The number of carbonyl (C=O) groups is 1. The van der Waals surface area contributed by atoms with Crippen molar-refractivity contribution in [2.75, 3.05) is 5.32 Å². The second-order valence-electron chi connectivity index (χ2n) is 6.88. The number of aromatic nitrogens is 2. The zero-order chi connectivity index (χ0) is 18.8. The minimum absolute atomic E-state index is 0.256. The smallest absolute Gasteiger partial charge is 0.247 e. The van der Waals surface area contributed by atoms with Crippen LogP contribution in [0, 0.1) is 11.8 Å². The quantitative estimate of drug-likeness (QED) is 0.558. The Bertz CT molecular complexity index is 1110. The maximum absolute atomic E-state index is 11.5.